The lowest BCUT2D eigenvalue weighted by atomic mass is 10.3. The third-order valence-corrected chi connectivity index (χ3v) is 4.09. The molecule has 2 fully saturated rings. The van der Waals surface area contributed by atoms with Crippen LogP contribution in [0.2, 0.25) is 0 Å². The number of rotatable bonds is 3. The fourth-order valence-corrected chi connectivity index (χ4v) is 2.72. The van der Waals surface area contributed by atoms with Crippen LogP contribution in [0.15, 0.2) is 17.2 Å². The molecule has 0 bridgehead atoms. The lowest BCUT2D eigenvalue weighted by Crippen LogP contribution is -2.38. The van der Waals surface area contributed by atoms with Crippen molar-refractivity contribution < 1.29 is 13.6 Å². The molecule has 1 saturated heterocycles. The van der Waals surface area contributed by atoms with Gasteiger partial charge in [0.25, 0.3) is 5.56 Å². The minimum Gasteiger partial charge on any atom is -0.350 e. The van der Waals surface area contributed by atoms with Crippen molar-refractivity contribution in [3.8, 4) is 0 Å². The quantitative estimate of drug-likeness (QED) is 0.838. The molecule has 1 aromatic heterocycles. The first kappa shape index (κ1) is 14.9. The molecule has 1 aliphatic carbocycles. The average Bonchev–Trinajstić information content (AvgIpc) is 3.33. The molecule has 22 heavy (non-hydrogen) atoms. The molecule has 0 spiro atoms. The van der Waals surface area contributed by atoms with E-state index in [1.54, 1.807) is 4.90 Å². The van der Waals surface area contributed by atoms with Crippen LogP contribution in [-0.4, -0.2) is 46.5 Å². The summed E-state index contributed by atoms with van der Waals surface area (Å²) >= 11 is 0. The summed E-state index contributed by atoms with van der Waals surface area (Å²) in [5.74, 6) is 0.369. The predicted molar refractivity (Wildman–Crippen MR) is 75.9 cm³/mol. The summed E-state index contributed by atoms with van der Waals surface area (Å²) in [6.07, 6.45) is 4.80. The molecule has 0 atom stereocenters. The first-order valence-electron chi connectivity index (χ1n) is 7.47. The van der Waals surface area contributed by atoms with E-state index in [1.807, 2.05) is 4.90 Å². The van der Waals surface area contributed by atoms with Crippen molar-refractivity contribution in [3.05, 3.63) is 22.7 Å². The monoisotopic (exact) mass is 312 g/mol. The summed E-state index contributed by atoms with van der Waals surface area (Å²) < 4.78 is 25.9. The molecule has 1 aromatic rings. The van der Waals surface area contributed by atoms with Gasteiger partial charge in [0.15, 0.2) is 5.82 Å². The Balaban J connectivity index is 1.74. The Hall–Kier alpha value is -1.99. The number of hydrogen-bond donors (Lipinski definition) is 0. The van der Waals surface area contributed by atoms with Crippen LogP contribution in [0.1, 0.15) is 25.8 Å². The molecule has 2 heterocycles. The van der Waals surface area contributed by atoms with Gasteiger partial charge in [0.05, 0.1) is 0 Å². The minimum absolute atomic E-state index is 0.0310. The molecule has 8 heteroatoms. The van der Waals surface area contributed by atoms with E-state index < -0.39 is 12.1 Å². The molecule has 3 rings (SSSR count). The van der Waals surface area contributed by atoms with E-state index in [1.165, 1.54) is 6.20 Å². The van der Waals surface area contributed by atoms with Crippen molar-refractivity contribution in [2.45, 2.75) is 25.8 Å². The Morgan fingerprint density at radius 2 is 2.00 bits per heavy atom. The van der Waals surface area contributed by atoms with Crippen LogP contribution in [0.4, 0.5) is 14.6 Å². The van der Waals surface area contributed by atoms with Crippen LogP contribution in [0.5, 0.6) is 0 Å². The fraction of sp³-hybridized carbons (Fsp3) is 0.643. The van der Waals surface area contributed by atoms with E-state index in [9.17, 15) is 18.4 Å². The SMILES string of the molecule is O=C(C1CC1)N1CCCN(c2nccn(C(F)F)c2=O)CC1. The van der Waals surface area contributed by atoms with Crippen LogP contribution < -0.4 is 10.5 Å². The standard InChI is InChI=1S/C14H18F2N4O2/c15-14(16)20-7-4-17-11(13(20)22)18-5-1-6-19(9-8-18)12(21)10-2-3-10/h4,7,10,14H,1-3,5-6,8-9H2. The molecule has 0 radical (unpaired) electrons. The second-order valence-corrected chi connectivity index (χ2v) is 5.68. The van der Waals surface area contributed by atoms with Gasteiger partial charge in [0, 0.05) is 44.5 Å². The number of halogens is 2. The molecule has 120 valence electrons. The number of alkyl halides is 2. The first-order valence-corrected chi connectivity index (χ1v) is 7.47. The normalized spacial score (nSPS) is 19.4. The third-order valence-electron chi connectivity index (χ3n) is 4.09. The minimum atomic E-state index is -2.88. The Kier molecular flexibility index (Phi) is 4.08. The van der Waals surface area contributed by atoms with Gasteiger partial charge in [-0.2, -0.15) is 8.78 Å². The van der Waals surface area contributed by atoms with Crippen molar-refractivity contribution in [1.82, 2.24) is 14.5 Å². The van der Waals surface area contributed by atoms with Gasteiger partial charge < -0.3 is 9.80 Å². The highest BCUT2D eigenvalue weighted by Crippen LogP contribution is 2.31. The largest absolute Gasteiger partial charge is 0.350 e. The highest BCUT2D eigenvalue weighted by Gasteiger charge is 2.34. The Labute approximate surface area is 126 Å². The fourth-order valence-electron chi connectivity index (χ4n) is 2.72. The number of carbonyl (C=O) groups excluding carboxylic acids is 1. The number of amides is 1. The van der Waals surface area contributed by atoms with Crippen LogP contribution in [0, 0.1) is 5.92 Å². The molecule has 2 aliphatic rings. The molecule has 1 amide bonds. The summed E-state index contributed by atoms with van der Waals surface area (Å²) in [4.78, 5) is 31.6. The topological polar surface area (TPSA) is 58.4 Å². The zero-order valence-electron chi connectivity index (χ0n) is 12.1. The highest BCUT2D eigenvalue weighted by atomic mass is 19.3. The van der Waals surface area contributed by atoms with Crippen molar-refractivity contribution in [2.24, 2.45) is 5.92 Å². The summed E-state index contributed by atoms with van der Waals surface area (Å²) in [6.45, 7) is -0.770. The maximum atomic E-state index is 12.8. The maximum Gasteiger partial charge on any atom is 0.321 e. The van der Waals surface area contributed by atoms with Crippen LogP contribution in [-0.2, 0) is 4.79 Å². The Morgan fingerprint density at radius 1 is 1.23 bits per heavy atom. The average molecular weight is 312 g/mol. The van der Waals surface area contributed by atoms with Crippen molar-refractivity contribution in [1.29, 1.82) is 0 Å². The van der Waals surface area contributed by atoms with E-state index in [4.69, 9.17) is 0 Å². The maximum absolute atomic E-state index is 12.8. The number of nitrogens with zero attached hydrogens (tertiary/aromatic N) is 4. The second kappa shape index (κ2) is 6.02. The molecule has 0 unspecified atom stereocenters. The van der Waals surface area contributed by atoms with Crippen LogP contribution in [0.3, 0.4) is 0 Å². The zero-order chi connectivity index (χ0) is 15.7. The van der Waals surface area contributed by atoms with Crippen LogP contribution in [0.25, 0.3) is 0 Å². The van der Waals surface area contributed by atoms with Gasteiger partial charge in [0.1, 0.15) is 0 Å². The van der Waals surface area contributed by atoms with Crippen molar-refractivity contribution >= 4 is 11.7 Å². The molecular formula is C14H18F2N4O2. The van der Waals surface area contributed by atoms with E-state index in [2.05, 4.69) is 4.98 Å². The molecular weight excluding hydrogens is 294 g/mol. The third kappa shape index (κ3) is 2.95. The smallest absolute Gasteiger partial charge is 0.321 e. The van der Waals surface area contributed by atoms with Gasteiger partial charge in [-0.1, -0.05) is 0 Å². The van der Waals surface area contributed by atoms with Gasteiger partial charge >= 0.3 is 6.55 Å². The predicted octanol–water partition coefficient (Wildman–Crippen LogP) is 1.09. The molecule has 0 N–H and O–H groups in total. The van der Waals surface area contributed by atoms with Gasteiger partial charge in [-0.25, -0.2) is 4.98 Å². The van der Waals surface area contributed by atoms with Crippen molar-refractivity contribution in [2.75, 3.05) is 31.1 Å². The number of hydrogen-bond acceptors (Lipinski definition) is 4. The lowest BCUT2D eigenvalue weighted by Gasteiger charge is -2.22. The summed E-state index contributed by atoms with van der Waals surface area (Å²) in [6, 6.07) is 0. The molecule has 1 saturated carbocycles. The van der Waals surface area contributed by atoms with Gasteiger partial charge in [-0.05, 0) is 19.3 Å². The summed E-state index contributed by atoms with van der Waals surface area (Å²) in [7, 11) is 0. The van der Waals surface area contributed by atoms with E-state index in [-0.39, 0.29) is 17.6 Å². The van der Waals surface area contributed by atoms with Crippen molar-refractivity contribution in [3.63, 3.8) is 0 Å². The first-order chi connectivity index (χ1) is 10.6. The number of carbonyl (C=O) groups is 1. The van der Waals surface area contributed by atoms with Gasteiger partial charge in [0.2, 0.25) is 5.91 Å². The highest BCUT2D eigenvalue weighted by molar-refractivity contribution is 5.81. The summed E-state index contributed by atoms with van der Waals surface area (Å²) in [5, 5.41) is 0. The Morgan fingerprint density at radius 3 is 2.68 bits per heavy atom. The Bertz CT molecular complexity index is 615. The molecule has 6 nitrogen and oxygen atoms in total. The zero-order valence-corrected chi connectivity index (χ0v) is 12.1. The second-order valence-electron chi connectivity index (χ2n) is 5.68. The number of anilines is 1. The molecule has 1 aliphatic heterocycles. The van der Waals surface area contributed by atoms with Gasteiger partial charge in [-0.15, -0.1) is 0 Å². The summed E-state index contributed by atoms with van der Waals surface area (Å²) in [5.41, 5.74) is -0.792. The lowest BCUT2D eigenvalue weighted by molar-refractivity contribution is -0.132. The van der Waals surface area contributed by atoms with Crippen LogP contribution >= 0.6 is 0 Å². The van der Waals surface area contributed by atoms with E-state index in [0.29, 0.717) is 37.2 Å². The van der Waals surface area contributed by atoms with Gasteiger partial charge in [-0.3, -0.25) is 14.2 Å². The van der Waals surface area contributed by atoms with E-state index >= 15 is 0 Å². The van der Waals surface area contributed by atoms with E-state index in [0.717, 1.165) is 19.0 Å². The number of aromatic nitrogens is 2. The molecule has 0 aromatic carbocycles.